The number of hydrogen-bond acceptors (Lipinski definition) is 4. The number of sulfonamides is 1. The molecule has 2 rings (SSSR count). The molecule has 0 aliphatic carbocycles. The van der Waals surface area contributed by atoms with Gasteiger partial charge in [-0.25, -0.2) is 0 Å². The van der Waals surface area contributed by atoms with E-state index in [2.05, 4.69) is 37.1 Å². The van der Waals surface area contributed by atoms with E-state index < -0.39 is 10.0 Å². The highest BCUT2D eigenvalue weighted by molar-refractivity contribution is 8.01. The molecule has 1 aromatic carbocycles. The van der Waals surface area contributed by atoms with E-state index in [0.717, 1.165) is 12.0 Å². The molecule has 0 atom stereocenters. The maximum Gasteiger partial charge on any atom is 0.285 e. The van der Waals surface area contributed by atoms with Crippen LogP contribution in [0.4, 0.5) is 0 Å². The molecule has 4 nitrogen and oxygen atoms in total. The SMILES string of the molecule is CC(C)SC(C)(C)Cc1ccc(S(=O)(=O)/N=c2\[nH]ccs2)cc1. The van der Waals surface area contributed by atoms with Crippen molar-refractivity contribution >= 4 is 33.1 Å². The van der Waals surface area contributed by atoms with Gasteiger partial charge in [0.2, 0.25) is 0 Å². The van der Waals surface area contributed by atoms with Crippen molar-refractivity contribution in [3.63, 3.8) is 0 Å². The minimum absolute atomic E-state index is 0.116. The van der Waals surface area contributed by atoms with Gasteiger partial charge in [0.1, 0.15) is 0 Å². The maximum absolute atomic E-state index is 12.3. The first-order chi connectivity index (χ1) is 10.7. The number of thiazole rings is 1. The smallest absolute Gasteiger partial charge is 0.285 e. The third-order valence-electron chi connectivity index (χ3n) is 3.06. The molecule has 0 saturated carbocycles. The number of H-pyrrole nitrogens is 1. The maximum atomic E-state index is 12.3. The lowest BCUT2D eigenvalue weighted by Gasteiger charge is -2.26. The lowest BCUT2D eigenvalue weighted by atomic mass is 10.0. The van der Waals surface area contributed by atoms with Gasteiger partial charge in [-0.3, -0.25) is 0 Å². The molecule has 0 amide bonds. The molecular weight excluding hydrogens is 348 g/mol. The lowest BCUT2D eigenvalue weighted by molar-refractivity contribution is 0.596. The van der Waals surface area contributed by atoms with E-state index in [0.29, 0.717) is 10.1 Å². The van der Waals surface area contributed by atoms with E-state index in [1.54, 1.807) is 23.7 Å². The quantitative estimate of drug-likeness (QED) is 0.840. The van der Waals surface area contributed by atoms with Gasteiger partial charge in [0.05, 0.1) is 4.90 Å². The summed E-state index contributed by atoms with van der Waals surface area (Å²) in [4.78, 5) is 3.39. The van der Waals surface area contributed by atoms with E-state index in [1.807, 2.05) is 23.9 Å². The van der Waals surface area contributed by atoms with Gasteiger partial charge in [-0.05, 0) is 29.4 Å². The Hall–Kier alpha value is -1.05. The van der Waals surface area contributed by atoms with Crippen LogP contribution in [0.25, 0.3) is 0 Å². The number of aromatic amines is 1. The van der Waals surface area contributed by atoms with Gasteiger partial charge in [-0.2, -0.15) is 20.2 Å². The Morgan fingerprint density at radius 3 is 2.43 bits per heavy atom. The molecule has 0 fully saturated rings. The fourth-order valence-corrected chi connectivity index (χ4v) is 5.65. The van der Waals surface area contributed by atoms with Crippen LogP contribution >= 0.6 is 23.1 Å². The fourth-order valence-electron chi connectivity index (χ4n) is 2.40. The van der Waals surface area contributed by atoms with Crippen molar-refractivity contribution in [1.29, 1.82) is 0 Å². The number of aromatic nitrogens is 1. The Morgan fingerprint density at radius 1 is 1.26 bits per heavy atom. The van der Waals surface area contributed by atoms with Crippen molar-refractivity contribution in [3.8, 4) is 0 Å². The summed E-state index contributed by atoms with van der Waals surface area (Å²) in [6, 6.07) is 7.03. The third kappa shape index (κ3) is 5.51. The average Bonchev–Trinajstić information content (AvgIpc) is 2.89. The van der Waals surface area contributed by atoms with Gasteiger partial charge in [0, 0.05) is 16.3 Å². The normalized spacial score (nSPS) is 13.7. The van der Waals surface area contributed by atoms with E-state index >= 15 is 0 Å². The molecule has 7 heteroatoms. The fraction of sp³-hybridized carbons (Fsp3) is 0.438. The summed E-state index contributed by atoms with van der Waals surface area (Å²) >= 11 is 3.18. The van der Waals surface area contributed by atoms with E-state index in [9.17, 15) is 8.42 Å². The molecule has 0 saturated heterocycles. The molecule has 0 spiro atoms. The van der Waals surface area contributed by atoms with E-state index in [4.69, 9.17) is 0 Å². The van der Waals surface area contributed by atoms with Crippen LogP contribution in [0, 0.1) is 0 Å². The highest BCUT2D eigenvalue weighted by Gasteiger charge is 2.21. The first kappa shape index (κ1) is 18.3. The minimum Gasteiger partial charge on any atom is -0.337 e. The van der Waals surface area contributed by atoms with Gasteiger partial charge in [-0.1, -0.05) is 39.8 Å². The summed E-state index contributed by atoms with van der Waals surface area (Å²) in [6.07, 6.45) is 2.56. The van der Waals surface area contributed by atoms with E-state index in [1.165, 1.54) is 11.3 Å². The Morgan fingerprint density at radius 2 is 1.91 bits per heavy atom. The Labute approximate surface area is 146 Å². The van der Waals surface area contributed by atoms with Gasteiger partial charge in [0.25, 0.3) is 10.0 Å². The molecule has 0 unspecified atom stereocenters. The van der Waals surface area contributed by atoms with Gasteiger partial charge < -0.3 is 4.98 Å². The molecule has 126 valence electrons. The zero-order chi connectivity index (χ0) is 17.1. The minimum atomic E-state index is -3.66. The molecule has 0 radical (unpaired) electrons. The predicted octanol–water partition coefficient (Wildman–Crippen LogP) is 3.83. The van der Waals surface area contributed by atoms with Crippen LogP contribution in [-0.2, 0) is 16.4 Å². The summed E-state index contributed by atoms with van der Waals surface area (Å²) in [7, 11) is -3.66. The molecule has 0 aliphatic rings. The molecule has 23 heavy (non-hydrogen) atoms. The summed E-state index contributed by atoms with van der Waals surface area (Å²) in [5.41, 5.74) is 1.13. The standard InChI is InChI=1S/C16H22N2O2S3/c1-12(2)22-16(3,4)11-13-5-7-14(8-6-13)23(19,20)18-15-17-9-10-21-15/h5-10,12H,11H2,1-4H3,(H,17,18). The van der Waals surface area contributed by atoms with Crippen molar-refractivity contribution < 1.29 is 8.42 Å². The molecule has 0 bridgehead atoms. The van der Waals surface area contributed by atoms with Crippen molar-refractivity contribution in [1.82, 2.24) is 4.98 Å². The van der Waals surface area contributed by atoms with Crippen LogP contribution in [0.5, 0.6) is 0 Å². The van der Waals surface area contributed by atoms with Crippen molar-refractivity contribution in [2.24, 2.45) is 4.40 Å². The largest absolute Gasteiger partial charge is 0.337 e. The van der Waals surface area contributed by atoms with Crippen LogP contribution in [0.1, 0.15) is 33.3 Å². The summed E-state index contributed by atoms with van der Waals surface area (Å²) in [5, 5.41) is 2.32. The molecule has 1 aromatic heterocycles. The molecule has 2 aromatic rings. The summed E-state index contributed by atoms with van der Waals surface area (Å²) < 4.78 is 28.4. The number of hydrogen-bond donors (Lipinski definition) is 1. The second kappa shape index (κ2) is 7.23. The number of thioether (sulfide) groups is 1. The van der Waals surface area contributed by atoms with Crippen LogP contribution in [0.2, 0.25) is 0 Å². The van der Waals surface area contributed by atoms with Crippen molar-refractivity contribution in [2.75, 3.05) is 0 Å². The monoisotopic (exact) mass is 370 g/mol. The van der Waals surface area contributed by atoms with E-state index in [-0.39, 0.29) is 9.64 Å². The zero-order valence-electron chi connectivity index (χ0n) is 13.7. The van der Waals surface area contributed by atoms with Crippen molar-refractivity contribution in [3.05, 3.63) is 46.2 Å². The number of nitrogens with one attached hydrogen (secondary N) is 1. The Bertz CT molecular complexity index is 784. The molecule has 1 heterocycles. The number of rotatable bonds is 6. The molecule has 1 N–H and O–H groups in total. The number of nitrogens with zero attached hydrogens (tertiary/aromatic N) is 1. The van der Waals surface area contributed by atoms with Gasteiger partial charge in [-0.15, -0.1) is 15.7 Å². The number of benzene rings is 1. The first-order valence-corrected chi connectivity index (χ1v) is 10.6. The average molecular weight is 371 g/mol. The third-order valence-corrected chi connectivity index (χ3v) is 6.43. The summed E-state index contributed by atoms with van der Waals surface area (Å²) in [6.45, 7) is 8.80. The zero-order valence-corrected chi connectivity index (χ0v) is 16.2. The topological polar surface area (TPSA) is 62.3 Å². The second-order valence-electron chi connectivity index (χ2n) is 6.18. The van der Waals surface area contributed by atoms with Crippen LogP contribution in [0.3, 0.4) is 0 Å². The summed E-state index contributed by atoms with van der Waals surface area (Å²) in [5.74, 6) is 0. The Kier molecular flexibility index (Phi) is 5.75. The highest BCUT2D eigenvalue weighted by atomic mass is 32.2. The van der Waals surface area contributed by atoms with Gasteiger partial charge >= 0.3 is 0 Å². The first-order valence-electron chi connectivity index (χ1n) is 7.38. The highest BCUT2D eigenvalue weighted by Crippen LogP contribution is 2.32. The van der Waals surface area contributed by atoms with Gasteiger partial charge in [0.15, 0.2) is 4.80 Å². The van der Waals surface area contributed by atoms with Crippen LogP contribution in [-0.4, -0.2) is 23.4 Å². The molecular formula is C16H22N2O2S3. The van der Waals surface area contributed by atoms with Crippen molar-refractivity contribution in [2.45, 2.75) is 49.0 Å². The van der Waals surface area contributed by atoms with Crippen LogP contribution in [0.15, 0.2) is 45.1 Å². The lowest BCUT2D eigenvalue weighted by Crippen LogP contribution is -2.20. The predicted molar refractivity (Wildman–Crippen MR) is 98.4 cm³/mol. The Balaban J connectivity index is 2.18. The molecule has 0 aliphatic heterocycles. The second-order valence-corrected chi connectivity index (χ2v) is 11.0. The van der Waals surface area contributed by atoms with Crippen LogP contribution < -0.4 is 4.80 Å².